The van der Waals surface area contributed by atoms with Gasteiger partial charge in [-0.2, -0.15) is 0 Å². The molecule has 0 unspecified atom stereocenters. The van der Waals surface area contributed by atoms with Crippen LogP contribution in [0.15, 0.2) is 0 Å². The first kappa shape index (κ1) is 56.4. The van der Waals surface area contributed by atoms with Crippen molar-refractivity contribution in [3.05, 3.63) is 0 Å². The molecule has 5 heavy (non-hydrogen) atoms. The Kier molecular flexibility index (Phi) is 387. The molecule has 0 spiro atoms. The second-order valence-electron chi connectivity index (χ2n) is 0. The molecule has 0 heterocycles. The molecular formula is HKO3Ti. The van der Waals surface area contributed by atoms with E-state index in [9.17, 15) is 0 Å². The third-order valence-electron chi connectivity index (χ3n) is 0. The fourth-order valence-corrected chi connectivity index (χ4v) is 0. The first-order valence-electron chi connectivity index (χ1n) is 0. The quantitative estimate of drug-likeness (QED) is 0.319. The minimum absolute atomic E-state index is 0. The van der Waals surface area contributed by atoms with Gasteiger partial charge in [-0.3, -0.25) is 0 Å². The minimum atomic E-state index is 0. The Morgan fingerprint density at radius 2 is 0.800 bits per heavy atom. The van der Waals surface area contributed by atoms with E-state index in [4.69, 9.17) is 0 Å². The summed E-state index contributed by atoms with van der Waals surface area (Å²) in [5.41, 5.74) is 0. The largest absolute Gasteiger partial charge is 4.00 e. The molecule has 0 atom stereocenters. The second-order valence-corrected chi connectivity index (χ2v) is 0. The molecule has 0 aliphatic heterocycles. The molecule has 0 amide bonds. The molecule has 0 aromatic heterocycles. The summed E-state index contributed by atoms with van der Waals surface area (Å²) in [7, 11) is 0. The summed E-state index contributed by atoms with van der Waals surface area (Å²) in [4.78, 5) is 0. The molecule has 1 N–H and O–H groups in total. The zero-order valence-corrected chi connectivity index (χ0v) is 7.45. The van der Waals surface area contributed by atoms with E-state index in [1.165, 1.54) is 0 Å². The van der Waals surface area contributed by atoms with Crippen molar-refractivity contribution in [3.8, 4) is 0 Å². The van der Waals surface area contributed by atoms with Crippen LogP contribution < -0.4 is 51.4 Å². The van der Waals surface area contributed by atoms with E-state index in [1.54, 1.807) is 0 Å². The van der Waals surface area contributed by atoms with Gasteiger partial charge in [-0.1, -0.05) is 0 Å². The van der Waals surface area contributed by atoms with Crippen molar-refractivity contribution in [2.45, 2.75) is 0 Å². The van der Waals surface area contributed by atoms with Crippen LogP contribution in [0.5, 0.6) is 0 Å². The fourth-order valence-electron chi connectivity index (χ4n) is 0. The monoisotopic (exact) mass is 136 g/mol. The zero-order chi connectivity index (χ0) is 0. The summed E-state index contributed by atoms with van der Waals surface area (Å²) < 4.78 is 0. The number of rotatable bonds is 0. The van der Waals surface area contributed by atoms with Crippen molar-refractivity contribution in [1.29, 1.82) is 0 Å². The Bertz CT molecular complexity index is 6.85. The smallest absolute Gasteiger partial charge is 2.00 e. The molecule has 24 valence electrons. The van der Waals surface area contributed by atoms with E-state index in [0.29, 0.717) is 0 Å². The molecule has 0 radical (unpaired) electrons. The molecule has 0 aliphatic carbocycles. The molecule has 0 bridgehead atoms. The van der Waals surface area contributed by atoms with Gasteiger partial charge in [0.2, 0.25) is 0 Å². The minimum Gasteiger partial charge on any atom is -2.00 e. The average Bonchev–Trinajstić information content (AvgIpc) is 0. The summed E-state index contributed by atoms with van der Waals surface area (Å²) in [6, 6.07) is 0. The summed E-state index contributed by atoms with van der Waals surface area (Å²) in [6.07, 6.45) is 0. The van der Waals surface area contributed by atoms with Crippen molar-refractivity contribution < 1.29 is 89.5 Å². The molecule has 0 saturated heterocycles. The van der Waals surface area contributed by atoms with Crippen LogP contribution in [-0.2, 0) is 32.7 Å². The normalized spacial score (nSPS) is 0. The van der Waals surface area contributed by atoms with Gasteiger partial charge in [-0.25, -0.2) is 0 Å². The van der Waals surface area contributed by atoms with Crippen molar-refractivity contribution in [2.75, 3.05) is 0 Å². The molecular weight excluding hydrogens is 135 g/mol. The van der Waals surface area contributed by atoms with Gasteiger partial charge in [-0.05, 0) is 0 Å². The Hall–Kier alpha value is 2.23. The first-order chi connectivity index (χ1) is 0. The van der Waals surface area contributed by atoms with E-state index < -0.39 is 0 Å². The molecule has 0 fully saturated rings. The standard InChI is InChI=1S/K.H2O.2O.Ti/h;1H2;;;/q+1;;2*-2;+4/p-1. The van der Waals surface area contributed by atoms with Crippen LogP contribution in [-0.4, -0.2) is 5.48 Å². The predicted octanol–water partition coefficient (Wildman–Crippen LogP) is -3.41. The molecule has 0 aromatic rings. The van der Waals surface area contributed by atoms with Crippen molar-refractivity contribution in [3.63, 3.8) is 0 Å². The van der Waals surface area contributed by atoms with Crippen molar-refractivity contribution >= 4 is 0 Å². The van der Waals surface area contributed by atoms with E-state index >= 15 is 0 Å². The van der Waals surface area contributed by atoms with E-state index in [1.807, 2.05) is 0 Å². The van der Waals surface area contributed by atoms with Gasteiger partial charge < -0.3 is 16.4 Å². The maximum Gasteiger partial charge on any atom is 4.00 e. The first-order valence-corrected chi connectivity index (χ1v) is 0. The van der Waals surface area contributed by atoms with Gasteiger partial charge in [-0.15, -0.1) is 0 Å². The maximum atomic E-state index is 0. The van der Waals surface area contributed by atoms with Crippen LogP contribution in [0, 0.1) is 0 Å². The van der Waals surface area contributed by atoms with Crippen LogP contribution in [0.3, 0.4) is 0 Å². The van der Waals surface area contributed by atoms with Crippen LogP contribution >= 0.6 is 0 Å². The maximum absolute atomic E-state index is 0. The summed E-state index contributed by atoms with van der Waals surface area (Å²) in [6.45, 7) is 0. The van der Waals surface area contributed by atoms with Crippen LogP contribution in [0.4, 0.5) is 0 Å². The molecule has 3 nitrogen and oxygen atoms in total. The van der Waals surface area contributed by atoms with E-state index in [-0.39, 0.29) is 89.5 Å². The van der Waals surface area contributed by atoms with Crippen LogP contribution in [0.1, 0.15) is 0 Å². The number of hydrogen-bond donors (Lipinski definition) is 0. The van der Waals surface area contributed by atoms with Gasteiger partial charge in [0.25, 0.3) is 0 Å². The van der Waals surface area contributed by atoms with Gasteiger partial charge in [0.1, 0.15) is 0 Å². The second kappa shape index (κ2) is 34.3. The average molecular weight is 136 g/mol. The van der Waals surface area contributed by atoms with Crippen molar-refractivity contribution in [1.82, 2.24) is 0 Å². The van der Waals surface area contributed by atoms with Crippen LogP contribution in [0.2, 0.25) is 0 Å². The number of hydrogen-bond acceptors (Lipinski definition) is 1. The Morgan fingerprint density at radius 1 is 0.800 bits per heavy atom. The Labute approximate surface area is 87.7 Å². The van der Waals surface area contributed by atoms with Gasteiger partial charge in [0, 0.05) is 0 Å². The molecule has 0 rings (SSSR count). The Balaban J connectivity index is 0. The van der Waals surface area contributed by atoms with Gasteiger partial charge in [0.15, 0.2) is 0 Å². The summed E-state index contributed by atoms with van der Waals surface area (Å²) in [5, 5.41) is 0. The SMILES string of the molecule is [K+].[O-2].[O-2].[OH-].[Ti+4]. The fraction of sp³-hybridized carbons (Fsp3) is 0. The van der Waals surface area contributed by atoms with Crippen LogP contribution in [0.25, 0.3) is 0 Å². The Morgan fingerprint density at radius 3 is 0.800 bits per heavy atom. The third-order valence-corrected chi connectivity index (χ3v) is 0. The summed E-state index contributed by atoms with van der Waals surface area (Å²) in [5.74, 6) is 0. The molecule has 0 aliphatic rings. The topological polar surface area (TPSA) is 87.0 Å². The van der Waals surface area contributed by atoms with E-state index in [0.717, 1.165) is 0 Å². The molecule has 0 aromatic carbocycles. The van der Waals surface area contributed by atoms with Crippen molar-refractivity contribution in [2.24, 2.45) is 0 Å². The van der Waals surface area contributed by atoms with E-state index in [2.05, 4.69) is 0 Å². The zero-order valence-electron chi connectivity index (χ0n) is 2.76. The van der Waals surface area contributed by atoms with Gasteiger partial charge in [0.05, 0.1) is 0 Å². The van der Waals surface area contributed by atoms with Gasteiger partial charge >= 0.3 is 73.1 Å². The summed E-state index contributed by atoms with van der Waals surface area (Å²) >= 11 is 0. The molecule has 5 heteroatoms. The third kappa shape index (κ3) is 22.4. The predicted molar refractivity (Wildman–Crippen MR) is 3.31 cm³/mol. The molecule has 0 saturated carbocycles.